The van der Waals surface area contributed by atoms with E-state index in [1.807, 2.05) is 24.3 Å². The Bertz CT molecular complexity index is 1710. The monoisotopic (exact) mass is 399 g/mol. The van der Waals surface area contributed by atoms with Crippen molar-refractivity contribution < 1.29 is 8.83 Å². The lowest BCUT2D eigenvalue weighted by Crippen LogP contribution is -1.93. The molecule has 3 heteroatoms. The van der Waals surface area contributed by atoms with Crippen LogP contribution in [-0.4, -0.2) is 4.57 Å². The van der Waals surface area contributed by atoms with Crippen molar-refractivity contribution in [1.82, 2.24) is 4.57 Å². The third-order valence-electron chi connectivity index (χ3n) is 6.07. The molecule has 0 fully saturated rings. The number of para-hydroxylation sites is 2. The molecule has 7 rings (SSSR count). The van der Waals surface area contributed by atoms with Gasteiger partial charge in [0.25, 0.3) is 0 Å². The highest BCUT2D eigenvalue weighted by Gasteiger charge is 2.23. The van der Waals surface area contributed by atoms with E-state index in [0.717, 1.165) is 44.0 Å². The molecule has 3 aromatic heterocycles. The molecule has 0 amide bonds. The zero-order valence-electron chi connectivity index (χ0n) is 16.6. The molecule has 0 aliphatic heterocycles. The van der Waals surface area contributed by atoms with Gasteiger partial charge in [-0.1, -0.05) is 78.9 Å². The minimum Gasteiger partial charge on any atom is -0.425 e. The largest absolute Gasteiger partial charge is 0.425 e. The van der Waals surface area contributed by atoms with E-state index in [1.165, 1.54) is 11.1 Å². The normalized spacial score (nSPS) is 11.9. The number of nitrogens with zero attached hydrogens (tertiary/aromatic N) is 1. The van der Waals surface area contributed by atoms with Crippen molar-refractivity contribution >= 4 is 44.1 Å². The Morgan fingerprint density at radius 1 is 0.516 bits per heavy atom. The lowest BCUT2D eigenvalue weighted by Gasteiger charge is -2.08. The molecule has 0 aliphatic carbocycles. The van der Waals surface area contributed by atoms with Crippen LogP contribution in [0.1, 0.15) is 0 Å². The predicted molar refractivity (Wildman–Crippen MR) is 126 cm³/mol. The number of furan rings is 2. The van der Waals surface area contributed by atoms with Crippen LogP contribution in [0.5, 0.6) is 0 Å². The SMILES string of the molecule is c1ccc(-c2ccc(-n3c4ccccc4c4c5c(oc6ccccc65)oc43)cc2)cc1. The molecule has 3 heterocycles. The Morgan fingerprint density at radius 2 is 1.19 bits per heavy atom. The Balaban J connectivity index is 1.53. The first-order valence-corrected chi connectivity index (χ1v) is 10.4. The summed E-state index contributed by atoms with van der Waals surface area (Å²) in [5.74, 6) is 0.576. The highest BCUT2D eigenvalue weighted by atomic mass is 16.5. The van der Waals surface area contributed by atoms with E-state index in [1.54, 1.807) is 0 Å². The fourth-order valence-electron chi connectivity index (χ4n) is 4.66. The van der Waals surface area contributed by atoms with Crippen molar-refractivity contribution in [2.75, 3.05) is 0 Å². The van der Waals surface area contributed by atoms with Crippen LogP contribution in [0, 0.1) is 0 Å². The Morgan fingerprint density at radius 3 is 2.03 bits per heavy atom. The van der Waals surface area contributed by atoms with E-state index in [9.17, 15) is 0 Å². The maximum atomic E-state index is 6.32. The van der Waals surface area contributed by atoms with Crippen LogP contribution in [0.4, 0.5) is 0 Å². The Hall–Kier alpha value is -4.24. The average molecular weight is 399 g/mol. The van der Waals surface area contributed by atoms with Crippen LogP contribution in [-0.2, 0) is 0 Å². The van der Waals surface area contributed by atoms with Crippen molar-refractivity contribution in [2.45, 2.75) is 0 Å². The standard InChI is InChI=1S/C28H17NO2/c1-2-8-18(9-3-1)19-14-16-20(17-15-19)29-23-12-6-4-10-21(23)25-26-22-11-5-7-13-24(22)30-28(26)31-27(25)29/h1-17H. The summed E-state index contributed by atoms with van der Waals surface area (Å²) in [5.41, 5.74) is 6.24. The average Bonchev–Trinajstić information content (AvgIpc) is 3.46. The van der Waals surface area contributed by atoms with Crippen molar-refractivity contribution in [3.05, 3.63) is 103 Å². The first kappa shape index (κ1) is 16.5. The second-order valence-electron chi connectivity index (χ2n) is 7.81. The topological polar surface area (TPSA) is 31.2 Å². The maximum absolute atomic E-state index is 6.32. The molecular formula is C28H17NO2. The molecule has 0 unspecified atom stereocenters. The van der Waals surface area contributed by atoms with Crippen molar-refractivity contribution in [3.63, 3.8) is 0 Å². The summed E-state index contributed by atoms with van der Waals surface area (Å²) in [4.78, 5) is 0. The van der Waals surface area contributed by atoms with Gasteiger partial charge in [0.2, 0.25) is 5.71 Å². The van der Waals surface area contributed by atoms with Crippen molar-refractivity contribution in [1.29, 1.82) is 0 Å². The molecule has 0 N–H and O–H groups in total. The first-order valence-electron chi connectivity index (χ1n) is 10.4. The second-order valence-corrected chi connectivity index (χ2v) is 7.81. The number of rotatable bonds is 2. The molecule has 3 nitrogen and oxygen atoms in total. The number of fused-ring (bicyclic) bond motifs is 7. The third kappa shape index (κ3) is 2.29. The molecular weight excluding hydrogens is 382 g/mol. The zero-order chi connectivity index (χ0) is 20.4. The van der Waals surface area contributed by atoms with Gasteiger partial charge in [-0.3, -0.25) is 4.57 Å². The molecule has 0 bridgehead atoms. The van der Waals surface area contributed by atoms with Gasteiger partial charge in [-0.15, -0.1) is 0 Å². The van der Waals surface area contributed by atoms with E-state index < -0.39 is 0 Å². The molecule has 0 saturated heterocycles. The van der Waals surface area contributed by atoms with Gasteiger partial charge < -0.3 is 8.83 Å². The number of hydrogen-bond donors (Lipinski definition) is 0. The van der Waals surface area contributed by atoms with Gasteiger partial charge in [-0.05, 0) is 35.4 Å². The highest BCUT2D eigenvalue weighted by Crippen LogP contribution is 2.43. The fourth-order valence-corrected chi connectivity index (χ4v) is 4.66. The molecule has 0 saturated carbocycles. The summed E-state index contributed by atoms with van der Waals surface area (Å²) in [7, 11) is 0. The van der Waals surface area contributed by atoms with Crippen molar-refractivity contribution in [2.24, 2.45) is 0 Å². The highest BCUT2D eigenvalue weighted by molar-refractivity contribution is 6.26. The maximum Gasteiger partial charge on any atom is 0.300 e. The first-order chi connectivity index (χ1) is 15.4. The minimum absolute atomic E-state index is 0.576. The van der Waals surface area contributed by atoms with E-state index in [4.69, 9.17) is 8.83 Å². The van der Waals surface area contributed by atoms with Crippen molar-refractivity contribution in [3.8, 4) is 16.8 Å². The van der Waals surface area contributed by atoms with E-state index in [0.29, 0.717) is 5.78 Å². The van der Waals surface area contributed by atoms with Crippen LogP contribution in [0.15, 0.2) is 112 Å². The van der Waals surface area contributed by atoms with Crippen LogP contribution in [0.2, 0.25) is 0 Å². The zero-order valence-corrected chi connectivity index (χ0v) is 16.6. The quantitative estimate of drug-likeness (QED) is 0.295. The molecule has 4 aromatic carbocycles. The molecule has 0 aliphatic rings. The smallest absolute Gasteiger partial charge is 0.300 e. The Labute approximate surface area is 177 Å². The fraction of sp³-hybridized carbons (Fsp3) is 0. The van der Waals surface area contributed by atoms with Gasteiger partial charge in [0.15, 0.2) is 0 Å². The second kappa shape index (κ2) is 6.13. The lowest BCUT2D eigenvalue weighted by atomic mass is 10.1. The molecule has 7 aromatic rings. The van der Waals surface area contributed by atoms with E-state index >= 15 is 0 Å². The van der Waals surface area contributed by atoms with Gasteiger partial charge in [0.05, 0.1) is 16.3 Å². The summed E-state index contributed by atoms with van der Waals surface area (Å²) >= 11 is 0. The van der Waals surface area contributed by atoms with Gasteiger partial charge in [0.1, 0.15) is 5.58 Å². The third-order valence-corrected chi connectivity index (χ3v) is 6.07. The molecule has 0 radical (unpaired) electrons. The summed E-state index contributed by atoms with van der Waals surface area (Å²) in [6.45, 7) is 0. The van der Waals surface area contributed by atoms with Gasteiger partial charge in [-0.25, -0.2) is 0 Å². The van der Waals surface area contributed by atoms with Gasteiger partial charge >= 0.3 is 5.78 Å². The van der Waals surface area contributed by atoms with Crippen LogP contribution < -0.4 is 0 Å². The molecule has 31 heavy (non-hydrogen) atoms. The predicted octanol–water partition coefficient (Wildman–Crippen LogP) is 7.94. The van der Waals surface area contributed by atoms with Gasteiger partial charge in [-0.2, -0.15) is 0 Å². The molecule has 146 valence electrons. The van der Waals surface area contributed by atoms with Gasteiger partial charge in [0, 0.05) is 16.5 Å². The number of benzene rings is 4. The van der Waals surface area contributed by atoms with Crippen LogP contribution >= 0.6 is 0 Å². The number of aromatic nitrogens is 1. The molecule has 0 spiro atoms. The summed E-state index contributed by atoms with van der Waals surface area (Å²) in [5, 5.41) is 4.39. The summed E-state index contributed by atoms with van der Waals surface area (Å²) in [6.07, 6.45) is 0. The summed E-state index contributed by atoms with van der Waals surface area (Å²) in [6, 6.07) is 35.6. The molecule has 0 atom stereocenters. The lowest BCUT2D eigenvalue weighted by molar-refractivity contribution is 0.516. The minimum atomic E-state index is 0.576. The van der Waals surface area contributed by atoms with Crippen LogP contribution in [0.25, 0.3) is 61.0 Å². The van der Waals surface area contributed by atoms with E-state index in [2.05, 4.69) is 83.4 Å². The Kier molecular flexibility index (Phi) is 3.27. The number of hydrogen-bond acceptors (Lipinski definition) is 2. The summed E-state index contributed by atoms with van der Waals surface area (Å²) < 4.78 is 14.5. The van der Waals surface area contributed by atoms with E-state index in [-0.39, 0.29) is 0 Å². The van der Waals surface area contributed by atoms with Crippen LogP contribution in [0.3, 0.4) is 0 Å².